The summed E-state index contributed by atoms with van der Waals surface area (Å²) in [6, 6.07) is 0. The van der Waals surface area contributed by atoms with Gasteiger partial charge < -0.3 is 10.6 Å². The second-order valence-electron chi connectivity index (χ2n) is 2.22. The highest BCUT2D eigenvalue weighted by Gasteiger charge is 2.00. The molecule has 0 saturated carbocycles. The third kappa shape index (κ3) is 10.6. The second-order valence-corrected chi connectivity index (χ2v) is 7.52. The van der Waals surface area contributed by atoms with Gasteiger partial charge in [-0.2, -0.15) is 0 Å². The van der Waals surface area contributed by atoms with E-state index >= 15 is 0 Å². The Labute approximate surface area is 106 Å². The van der Waals surface area contributed by atoms with Crippen LogP contribution in [0, 0.1) is 0 Å². The largest absolute Gasteiger partial charge is 0.358 e. The third-order valence-corrected chi connectivity index (χ3v) is 6.50. The van der Waals surface area contributed by atoms with Crippen LogP contribution in [0.4, 0.5) is 0 Å². The standard InChI is InChI=1S/C7H14N2O2S4/c1-8-6(10)3-12-14-5-15-13-4-7(11)9-2/h3-5H2,1-2H3,(H,8,10)(H,9,11). The quantitative estimate of drug-likeness (QED) is 0.397. The summed E-state index contributed by atoms with van der Waals surface area (Å²) >= 11 is 0. The lowest BCUT2D eigenvalue weighted by atomic mass is 10.7. The van der Waals surface area contributed by atoms with E-state index in [0.717, 1.165) is 5.08 Å². The average Bonchev–Trinajstić information content (AvgIpc) is 2.26. The van der Waals surface area contributed by atoms with E-state index in [2.05, 4.69) is 10.6 Å². The number of rotatable bonds is 8. The molecule has 2 N–H and O–H groups in total. The molecular weight excluding hydrogens is 272 g/mol. The van der Waals surface area contributed by atoms with Gasteiger partial charge in [-0.25, -0.2) is 0 Å². The molecule has 0 spiro atoms. The molecule has 0 aliphatic carbocycles. The molecule has 0 aromatic heterocycles. The van der Waals surface area contributed by atoms with E-state index in [-0.39, 0.29) is 11.8 Å². The SMILES string of the molecule is CNC(=O)CSSCSSCC(=O)NC. The number of nitrogens with one attached hydrogen (secondary N) is 2. The van der Waals surface area contributed by atoms with Crippen molar-refractivity contribution >= 4 is 55.0 Å². The van der Waals surface area contributed by atoms with Gasteiger partial charge in [0.15, 0.2) is 0 Å². The molecule has 15 heavy (non-hydrogen) atoms. The predicted octanol–water partition coefficient (Wildman–Crippen LogP) is 1.20. The highest BCUT2D eigenvalue weighted by Crippen LogP contribution is 2.31. The Bertz CT molecular complexity index is 183. The van der Waals surface area contributed by atoms with Crippen molar-refractivity contribution in [1.29, 1.82) is 0 Å². The van der Waals surface area contributed by atoms with Gasteiger partial charge in [0, 0.05) is 14.1 Å². The Balaban J connectivity index is 3.11. The van der Waals surface area contributed by atoms with Crippen molar-refractivity contribution in [2.45, 2.75) is 0 Å². The highest BCUT2D eigenvalue weighted by atomic mass is 33.1. The Kier molecular flexibility index (Phi) is 11.1. The molecule has 0 atom stereocenters. The average molecular weight is 286 g/mol. The van der Waals surface area contributed by atoms with Crippen molar-refractivity contribution in [3.63, 3.8) is 0 Å². The second kappa shape index (κ2) is 10.8. The van der Waals surface area contributed by atoms with Crippen LogP contribution in [0.3, 0.4) is 0 Å². The van der Waals surface area contributed by atoms with Gasteiger partial charge >= 0.3 is 0 Å². The zero-order valence-corrected chi connectivity index (χ0v) is 11.8. The van der Waals surface area contributed by atoms with E-state index in [1.54, 1.807) is 35.7 Å². The maximum Gasteiger partial charge on any atom is 0.230 e. The van der Waals surface area contributed by atoms with Gasteiger partial charge in [-0.1, -0.05) is 43.2 Å². The Morgan fingerprint density at radius 3 is 1.60 bits per heavy atom. The van der Waals surface area contributed by atoms with Crippen LogP contribution in [0.1, 0.15) is 0 Å². The van der Waals surface area contributed by atoms with Crippen LogP contribution in [0.2, 0.25) is 0 Å². The summed E-state index contributed by atoms with van der Waals surface area (Å²) in [6.45, 7) is 0. The first-order valence-electron chi connectivity index (χ1n) is 4.10. The first-order chi connectivity index (χ1) is 7.20. The minimum atomic E-state index is 0.0375. The van der Waals surface area contributed by atoms with E-state index in [9.17, 15) is 9.59 Å². The monoisotopic (exact) mass is 286 g/mol. The van der Waals surface area contributed by atoms with Crippen LogP contribution in [-0.4, -0.2) is 42.5 Å². The maximum absolute atomic E-state index is 10.8. The number of amides is 2. The molecule has 0 rings (SSSR count). The summed E-state index contributed by atoms with van der Waals surface area (Å²) in [4.78, 5) is 21.6. The van der Waals surface area contributed by atoms with E-state index in [1.165, 1.54) is 21.6 Å². The van der Waals surface area contributed by atoms with Gasteiger partial charge in [0.2, 0.25) is 11.8 Å². The van der Waals surface area contributed by atoms with Crippen LogP contribution < -0.4 is 10.6 Å². The molecule has 0 aromatic carbocycles. The van der Waals surface area contributed by atoms with Gasteiger partial charge in [-0.3, -0.25) is 9.59 Å². The fourth-order valence-electron chi connectivity index (χ4n) is 0.422. The third-order valence-electron chi connectivity index (χ3n) is 1.20. The van der Waals surface area contributed by atoms with Crippen molar-refractivity contribution in [3.05, 3.63) is 0 Å². The van der Waals surface area contributed by atoms with Crippen LogP contribution in [-0.2, 0) is 9.59 Å². The smallest absolute Gasteiger partial charge is 0.230 e. The molecule has 4 nitrogen and oxygen atoms in total. The lowest BCUT2D eigenvalue weighted by molar-refractivity contribution is -0.118. The first-order valence-corrected chi connectivity index (χ1v) is 9.08. The van der Waals surface area contributed by atoms with Gasteiger partial charge in [0.05, 0.1) is 16.6 Å². The lowest BCUT2D eigenvalue weighted by Gasteiger charge is -2.00. The lowest BCUT2D eigenvalue weighted by Crippen LogP contribution is -2.19. The summed E-state index contributed by atoms with van der Waals surface area (Å²) in [5.41, 5.74) is 0. The molecule has 0 bridgehead atoms. The van der Waals surface area contributed by atoms with E-state index in [4.69, 9.17) is 0 Å². The molecule has 0 saturated heterocycles. The molecule has 0 fully saturated rings. The molecule has 0 aliphatic rings. The number of carbonyl (C=O) groups excluding carboxylic acids is 2. The highest BCUT2D eigenvalue weighted by molar-refractivity contribution is 8.85. The summed E-state index contributed by atoms with van der Waals surface area (Å²) < 4.78 is 0. The van der Waals surface area contributed by atoms with Crippen molar-refractivity contribution in [2.75, 3.05) is 30.7 Å². The molecule has 0 aromatic rings. The van der Waals surface area contributed by atoms with Gasteiger partial charge in [-0.15, -0.1) is 0 Å². The van der Waals surface area contributed by atoms with Gasteiger partial charge in [-0.05, 0) is 0 Å². The summed E-state index contributed by atoms with van der Waals surface area (Å²) in [6.07, 6.45) is 0. The van der Waals surface area contributed by atoms with E-state index < -0.39 is 0 Å². The van der Waals surface area contributed by atoms with E-state index in [1.807, 2.05) is 0 Å². The summed E-state index contributed by atoms with van der Waals surface area (Å²) in [5.74, 6) is 1.02. The Morgan fingerprint density at radius 2 is 1.27 bits per heavy atom. The maximum atomic E-state index is 10.8. The fraction of sp³-hybridized carbons (Fsp3) is 0.714. The molecule has 88 valence electrons. The van der Waals surface area contributed by atoms with Crippen LogP contribution in [0.25, 0.3) is 0 Å². The number of carbonyl (C=O) groups is 2. The fourth-order valence-corrected chi connectivity index (χ4v) is 5.57. The minimum absolute atomic E-state index is 0.0375. The van der Waals surface area contributed by atoms with Crippen molar-refractivity contribution < 1.29 is 9.59 Å². The van der Waals surface area contributed by atoms with Crippen LogP contribution in [0.5, 0.6) is 0 Å². The van der Waals surface area contributed by atoms with Crippen molar-refractivity contribution in [1.82, 2.24) is 10.6 Å². The van der Waals surface area contributed by atoms with Crippen molar-refractivity contribution in [2.24, 2.45) is 0 Å². The van der Waals surface area contributed by atoms with Gasteiger partial charge in [0.25, 0.3) is 0 Å². The van der Waals surface area contributed by atoms with E-state index in [0.29, 0.717) is 11.5 Å². The molecule has 0 heterocycles. The van der Waals surface area contributed by atoms with Crippen molar-refractivity contribution in [3.8, 4) is 0 Å². The molecular formula is C7H14N2O2S4. The van der Waals surface area contributed by atoms with Gasteiger partial charge in [0.1, 0.15) is 0 Å². The molecule has 0 unspecified atom stereocenters. The Hall–Kier alpha value is 0.340. The molecule has 0 radical (unpaired) electrons. The summed E-state index contributed by atoms with van der Waals surface area (Å²) in [7, 11) is 9.54. The molecule has 0 aliphatic heterocycles. The normalized spacial score (nSPS) is 9.73. The minimum Gasteiger partial charge on any atom is -0.358 e. The van der Waals surface area contributed by atoms with Crippen LogP contribution >= 0.6 is 43.2 Å². The first kappa shape index (κ1) is 15.3. The molecule has 2 amide bonds. The number of hydrogen-bond donors (Lipinski definition) is 2. The predicted molar refractivity (Wildman–Crippen MR) is 73.1 cm³/mol. The molecule has 8 heteroatoms. The topological polar surface area (TPSA) is 58.2 Å². The zero-order valence-electron chi connectivity index (χ0n) is 8.57. The summed E-state index contributed by atoms with van der Waals surface area (Å²) in [5, 5.41) is 5.97. The Morgan fingerprint density at radius 1 is 0.867 bits per heavy atom. The zero-order chi connectivity index (χ0) is 11.5. The number of hydrogen-bond acceptors (Lipinski definition) is 6. The van der Waals surface area contributed by atoms with Crippen LogP contribution in [0.15, 0.2) is 0 Å².